The van der Waals surface area contributed by atoms with Crippen LogP contribution in [0.3, 0.4) is 0 Å². The molecular formula is C17H18N2O. The highest BCUT2D eigenvalue weighted by molar-refractivity contribution is 5.97. The molecular weight excluding hydrogens is 248 g/mol. The average molecular weight is 266 g/mol. The fourth-order valence-corrected chi connectivity index (χ4v) is 3.32. The fourth-order valence-electron chi connectivity index (χ4n) is 3.32. The van der Waals surface area contributed by atoms with Crippen molar-refractivity contribution in [2.45, 2.75) is 25.6 Å². The lowest BCUT2D eigenvalue weighted by molar-refractivity contribution is 0.0139. The number of ether oxygens (including phenoxy) is 1. The van der Waals surface area contributed by atoms with Crippen molar-refractivity contribution in [1.29, 1.82) is 0 Å². The molecule has 2 aliphatic rings. The number of rotatable bonds is 2. The van der Waals surface area contributed by atoms with Gasteiger partial charge in [0.05, 0.1) is 12.6 Å². The molecule has 0 saturated carbocycles. The fraction of sp³-hybridized carbons (Fsp3) is 0.353. The van der Waals surface area contributed by atoms with Crippen LogP contribution in [0.1, 0.15) is 36.7 Å². The van der Waals surface area contributed by atoms with Gasteiger partial charge in [-0.3, -0.25) is 4.99 Å². The number of amidine groups is 1. The second-order valence-corrected chi connectivity index (χ2v) is 5.40. The molecule has 2 aromatic rings. The summed E-state index contributed by atoms with van der Waals surface area (Å²) in [6.45, 7) is 3.95. The van der Waals surface area contributed by atoms with Crippen LogP contribution in [-0.4, -0.2) is 18.9 Å². The molecule has 20 heavy (non-hydrogen) atoms. The van der Waals surface area contributed by atoms with E-state index in [1.807, 2.05) is 0 Å². The molecule has 0 spiro atoms. The Morgan fingerprint density at radius 1 is 1.20 bits per heavy atom. The van der Waals surface area contributed by atoms with Gasteiger partial charge in [0.15, 0.2) is 0 Å². The van der Waals surface area contributed by atoms with Gasteiger partial charge in [0.1, 0.15) is 11.9 Å². The van der Waals surface area contributed by atoms with E-state index in [0.29, 0.717) is 0 Å². The number of hydrogen-bond donors (Lipinski definition) is 1. The highest BCUT2D eigenvalue weighted by Gasteiger charge is 2.32. The smallest absolute Gasteiger partial charge is 0.141 e. The summed E-state index contributed by atoms with van der Waals surface area (Å²) in [4.78, 5) is 4.57. The van der Waals surface area contributed by atoms with E-state index in [1.165, 1.54) is 21.9 Å². The Morgan fingerprint density at radius 3 is 2.70 bits per heavy atom. The highest BCUT2D eigenvalue weighted by Crippen LogP contribution is 2.42. The quantitative estimate of drug-likeness (QED) is 0.904. The molecule has 2 unspecified atom stereocenters. The van der Waals surface area contributed by atoms with Gasteiger partial charge in [0.2, 0.25) is 0 Å². The number of nitrogens with zero attached hydrogens (tertiary/aromatic N) is 1. The van der Waals surface area contributed by atoms with Gasteiger partial charge in [-0.15, -0.1) is 0 Å². The van der Waals surface area contributed by atoms with E-state index in [1.54, 1.807) is 0 Å². The minimum Gasteiger partial charge on any atom is -0.369 e. The summed E-state index contributed by atoms with van der Waals surface area (Å²) in [5.74, 6) is 0.991. The normalized spacial score (nSPS) is 24.6. The molecule has 0 aromatic heterocycles. The maximum atomic E-state index is 6.34. The van der Waals surface area contributed by atoms with Crippen molar-refractivity contribution in [2.75, 3.05) is 13.1 Å². The summed E-state index contributed by atoms with van der Waals surface area (Å²) < 4.78 is 6.34. The van der Waals surface area contributed by atoms with Crippen LogP contribution in [0.5, 0.6) is 0 Å². The van der Waals surface area contributed by atoms with Crippen LogP contribution >= 0.6 is 0 Å². The van der Waals surface area contributed by atoms with Gasteiger partial charge in [0.25, 0.3) is 0 Å². The molecule has 0 saturated heterocycles. The van der Waals surface area contributed by atoms with Gasteiger partial charge >= 0.3 is 0 Å². The van der Waals surface area contributed by atoms with E-state index in [-0.39, 0.29) is 12.2 Å². The predicted octanol–water partition coefficient (Wildman–Crippen LogP) is 3.36. The molecule has 0 amide bonds. The molecule has 0 radical (unpaired) electrons. The van der Waals surface area contributed by atoms with Crippen molar-refractivity contribution in [1.82, 2.24) is 5.32 Å². The van der Waals surface area contributed by atoms with Gasteiger partial charge in [0, 0.05) is 6.54 Å². The van der Waals surface area contributed by atoms with Crippen molar-refractivity contribution in [3.8, 4) is 0 Å². The second kappa shape index (κ2) is 4.60. The minimum atomic E-state index is -0.0407. The maximum Gasteiger partial charge on any atom is 0.141 e. The van der Waals surface area contributed by atoms with Crippen molar-refractivity contribution < 1.29 is 4.74 Å². The first kappa shape index (κ1) is 11.9. The number of benzene rings is 2. The van der Waals surface area contributed by atoms with Gasteiger partial charge in [-0.2, -0.15) is 0 Å². The molecule has 2 atom stereocenters. The molecule has 2 heterocycles. The minimum absolute atomic E-state index is 0.0407. The molecule has 1 N–H and O–H groups in total. The van der Waals surface area contributed by atoms with Crippen LogP contribution in [0.15, 0.2) is 41.4 Å². The molecule has 3 heteroatoms. The largest absolute Gasteiger partial charge is 0.369 e. The topological polar surface area (TPSA) is 33.6 Å². The monoisotopic (exact) mass is 266 g/mol. The van der Waals surface area contributed by atoms with Crippen LogP contribution in [-0.2, 0) is 4.74 Å². The Kier molecular flexibility index (Phi) is 2.74. The van der Waals surface area contributed by atoms with E-state index in [2.05, 4.69) is 53.6 Å². The summed E-state index contributed by atoms with van der Waals surface area (Å²) in [7, 11) is 0. The molecule has 3 nitrogen and oxygen atoms in total. The zero-order chi connectivity index (χ0) is 13.5. The van der Waals surface area contributed by atoms with E-state index >= 15 is 0 Å². The number of nitrogens with one attached hydrogen (secondary N) is 1. The van der Waals surface area contributed by atoms with Crippen LogP contribution in [0.25, 0.3) is 10.8 Å². The SMILES string of the molecule is CCC1OC(C2=NCCN2)c2cccc3cccc1c23. The summed E-state index contributed by atoms with van der Waals surface area (Å²) in [5, 5.41) is 6.02. The third-order valence-electron chi connectivity index (χ3n) is 4.22. The zero-order valence-electron chi connectivity index (χ0n) is 11.6. The van der Waals surface area contributed by atoms with E-state index in [4.69, 9.17) is 4.74 Å². The summed E-state index contributed by atoms with van der Waals surface area (Å²) in [6, 6.07) is 13.0. The Labute approximate surface area is 118 Å². The first-order valence-electron chi connectivity index (χ1n) is 7.33. The van der Waals surface area contributed by atoms with E-state index < -0.39 is 0 Å². The molecule has 2 aliphatic heterocycles. The summed E-state index contributed by atoms with van der Waals surface area (Å²) in [5.41, 5.74) is 2.56. The number of aliphatic imine (C=N–C) groups is 1. The Balaban J connectivity index is 1.96. The van der Waals surface area contributed by atoms with E-state index in [0.717, 1.165) is 25.3 Å². The Morgan fingerprint density at radius 2 is 2.00 bits per heavy atom. The van der Waals surface area contributed by atoms with Crippen molar-refractivity contribution >= 4 is 16.6 Å². The lowest BCUT2D eigenvalue weighted by Crippen LogP contribution is -2.30. The molecule has 4 rings (SSSR count). The van der Waals surface area contributed by atoms with Crippen LogP contribution < -0.4 is 5.32 Å². The standard InChI is InChI=1S/C17H18N2O/c1-2-14-12-7-3-5-11-6-4-8-13(15(11)12)16(20-14)17-18-9-10-19-17/h3-8,14,16H,2,9-10H2,1H3,(H,18,19). The van der Waals surface area contributed by atoms with E-state index in [9.17, 15) is 0 Å². The lowest BCUT2D eigenvalue weighted by atomic mass is 9.89. The summed E-state index contributed by atoms with van der Waals surface area (Å²) >= 11 is 0. The van der Waals surface area contributed by atoms with Crippen LogP contribution in [0.2, 0.25) is 0 Å². The first-order chi connectivity index (χ1) is 9.88. The van der Waals surface area contributed by atoms with Crippen LogP contribution in [0, 0.1) is 0 Å². The van der Waals surface area contributed by atoms with Crippen LogP contribution in [0.4, 0.5) is 0 Å². The highest BCUT2D eigenvalue weighted by atomic mass is 16.5. The average Bonchev–Trinajstić information content (AvgIpc) is 3.02. The predicted molar refractivity (Wildman–Crippen MR) is 81.1 cm³/mol. The van der Waals surface area contributed by atoms with Crippen molar-refractivity contribution in [3.05, 3.63) is 47.5 Å². The summed E-state index contributed by atoms with van der Waals surface area (Å²) in [6.07, 6.45) is 1.10. The lowest BCUT2D eigenvalue weighted by Gasteiger charge is -2.32. The van der Waals surface area contributed by atoms with Gasteiger partial charge in [-0.25, -0.2) is 0 Å². The van der Waals surface area contributed by atoms with Crippen molar-refractivity contribution in [2.24, 2.45) is 4.99 Å². The first-order valence-corrected chi connectivity index (χ1v) is 7.33. The zero-order valence-corrected chi connectivity index (χ0v) is 11.6. The third-order valence-corrected chi connectivity index (χ3v) is 4.22. The third kappa shape index (κ3) is 1.66. The van der Waals surface area contributed by atoms with Gasteiger partial charge in [-0.05, 0) is 28.3 Å². The molecule has 0 bridgehead atoms. The van der Waals surface area contributed by atoms with Gasteiger partial charge < -0.3 is 10.1 Å². The Bertz CT molecular complexity index is 687. The van der Waals surface area contributed by atoms with Crippen molar-refractivity contribution in [3.63, 3.8) is 0 Å². The molecule has 0 aliphatic carbocycles. The van der Waals surface area contributed by atoms with Gasteiger partial charge in [-0.1, -0.05) is 43.3 Å². The second-order valence-electron chi connectivity index (χ2n) is 5.40. The number of hydrogen-bond acceptors (Lipinski definition) is 3. The molecule has 102 valence electrons. The molecule has 2 aromatic carbocycles. The Hall–Kier alpha value is -1.87. The maximum absolute atomic E-state index is 6.34. The molecule has 0 fully saturated rings.